The molecule has 0 fully saturated rings. The number of nitrogens with two attached hydrogens (primary N) is 1. The van der Waals surface area contributed by atoms with Crippen LogP contribution >= 0.6 is 0 Å². The van der Waals surface area contributed by atoms with E-state index >= 15 is 0 Å². The van der Waals surface area contributed by atoms with Gasteiger partial charge < -0.3 is 19.9 Å². The van der Waals surface area contributed by atoms with Crippen molar-refractivity contribution in [3.63, 3.8) is 0 Å². The first-order valence-electron chi connectivity index (χ1n) is 6.24. The summed E-state index contributed by atoms with van der Waals surface area (Å²) in [5, 5.41) is 0. The summed E-state index contributed by atoms with van der Waals surface area (Å²) in [4.78, 5) is 6.44. The minimum Gasteiger partial charge on any atom is -0.383 e. The van der Waals surface area contributed by atoms with Crippen LogP contribution in [-0.4, -0.2) is 54.3 Å². The molecule has 0 aliphatic rings. The van der Waals surface area contributed by atoms with E-state index in [1.807, 2.05) is 18.7 Å². The van der Waals surface area contributed by atoms with Crippen molar-refractivity contribution in [1.82, 2.24) is 14.5 Å². The van der Waals surface area contributed by atoms with Gasteiger partial charge in [0.05, 0.1) is 12.9 Å². The number of methoxy groups -OCH3 is 1. The Kier molecular flexibility index (Phi) is 7.62. The highest BCUT2D eigenvalue weighted by Crippen LogP contribution is 1.97. The Morgan fingerprint density at radius 2 is 2.12 bits per heavy atom. The quantitative estimate of drug-likeness (QED) is 0.649. The smallest absolute Gasteiger partial charge is 0.0945 e. The minimum atomic E-state index is 0.755. The average molecular weight is 240 g/mol. The van der Waals surface area contributed by atoms with Crippen LogP contribution in [0.4, 0.5) is 0 Å². The van der Waals surface area contributed by atoms with Crippen LogP contribution in [0.5, 0.6) is 0 Å². The molecule has 2 N–H and O–H groups in total. The average Bonchev–Trinajstić information content (AvgIpc) is 2.85. The van der Waals surface area contributed by atoms with Gasteiger partial charge in [0.25, 0.3) is 0 Å². The molecule has 17 heavy (non-hydrogen) atoms. The molecule has 0 amide bonds. The molecule has 0 aromatic carbocycles. The number of aromatic nitrogens is 2. The Labute approximate surface area is 104 Å². The molecule has 98 valence electrons. The van der Waals surface area contributed by atoms with E-state index in [2.05, 4.69) is 14.5 Å². The van der Waals surface area contributed by atoms with Crippen LogP contribution in [0, 0.1) is 0 Å². The Balaban J connectivity index is 2.17. The van der Waals surface area contributed by atoms with Gasteiger partial charge in [-0.15, -0.1) is 0 Å². The van der Waals surface area contributed by atoms with Crippen molar-refractivity contribution < 1.29 is 4.74 Å². The SMILES string of the molecule is COCCN(CCCN)CCCn1ccnc1. The van der Waals surface area contributed by atoms with Gasteiger partial charge in [-0.05, 0) is 32.5 Å². The molecule has 1 rings (SSSR count). The lowest BCUT2D eigenvalue weighted by Crippen LogP contribution is -2.31. The fourth-order valence-electron chi connectivity index (χ4n) is 1.77. The maximum atomic E-state index is 5.54. The van der Waals surface area contributed by atoms with E-state index in [1.54, 1.807) is 7.11 Å². The fraction of sp³-hybridized carbons (Fsp3) is 0.750. The lowest BCUT2D eigenvalue weighted by Gasteiger charge is -2.21. The molecule has 5 heteroatoms. The van der Waals surface area contributed by atoms with Crippen LogP contribution < -0.4 is 5.73 Å². The molecule has 1 aromatic rings. The third-order valence-corrected chi connectivity index (χ3v) is 2.74. The van der Waals surface area contributed by atoms with Crippen molar-refractivity contribution in [2.24, 2.45) is 5.73 Å². The van der Waals surface area contributed by atoms with Gasteiger partial charge in [-0.1, -0.05) is 0 Å². The van der Waals surface area contributed by atoms with E-state index in [4.69, 9.17) is 10.5 Å². The van der Waals surface area contributed by atoms with Crippen molar-refractivity contribution in [3.05, 3.63) is 18.7 Å². The fourth-order valence-corrected chi connectivity index (χ4v) is 1.77. The topological polar surface area (TPSA) is 56.3 Å². The Hall–Kier alpha value is -0.910. The predicted octanol–water partition coefficient (Wildman–Crippen LogP) is 0.570. The van der Waals surface area contributed by atoms with E-state index < -0.39 is 0 Å². The zero-order chi connectivity index (χ0) is 12.3. The normalized spacial score (nSPS) is 11.2. The van der Waals surface area contributed by atoms with Crippen LogP contribution in [0.15, 0.2) is 18.7 Å². The maximum absolute atomic E-state index is 5.54. The third-order valence-electron chi connectivity index (χ3n) is 2.74. The monoisotopic (exact) mass is 240 g/mol. The van der Waals surface area contributed by atoms with Gasteiger partial charge in [-0.3, -0.25) is 0 Å². The second-order valence-electron chi connectivity index (χ2n) is 4.13. The Bertz CT molecular complexity index is 255. The number of hydrogen-bond acceptors (Lipinski definition) is 4. The highest BCUT2D eigenvalue weighted by atomic mass is 16.5. The molecule has 1 aromatic heterocycles. The summed E-state index contributed by atoms with van der Waals surface area (Å²) in [5.41, 5.74) is 5.54. The van der Waals surface area contributed by atoms with E-state index in [0.717, 1.165) is 52.2 Å². The van der Waals surface area contributed by atoms with E-state index in [9.17, 15) is 0 Å². The summed E-state index contributed by atoms with van der Waals surface area (Å²) in [5.74, 6) is 0. The predicted molar refractivity (Wildman–Crippen MR) is 68.8 cm³/mol. The van der Waals surface area contributed by atoms with Gasteiger partial charge in [0.1, 0.15) is 0 Å². The summed E-state index contributed by atoms with van der Waals surface area (Å²) in [6.07, 6.45) is 7.86. The van der Waals surface area contributed by atoms with Gasteiger partial charge in [-0.25, -0.2) is 4.98 Å². The van der Waals surface area contributed by atoms with Crippen LogP contribution in [0.3, 0.4) is 0 Å². The molecule has 0 saturated heterocycles. The van der Waals surface area contributed by atoms with E-state index in [-0.39, 0.29) is 0 Å². The van der Waals surface area contributed by atoms with Gasteiger partial charge in [0, 0.05) is 32.6 Å². The van der Waals surface area contributed by atoms with Crippen molar-refractivity contribution >= 4 is 0 Å². The highest BCUT2D eigenvalue weighted by Gasteiger charge is 2.03. The molecule has 0 bridgehead atoms. The molecule has 0 aliphatic heterocycles. The number of rotatable bonds is 10. The van der Waals surface area contributed by atoms with Crippen molar-refractivity contribution in [2.45, 2.75) is 19.4 Å². The number of ether oxygens (including phenoxy) is 1. The van der Waals surface area contributed by atoms with Gasteiger partial charge >= 0.3 is 0 Å². The summed E-state index contributed by atoms with van der Waals surface area (Å²) in [6, 6.07) is 0. The summed E-state index contributed by atoms with van der Waals surface area (Å²) in [6.45, 7) is 5.69. The van der Waals surface area contributed by atoms with E-state index in [1.165, 1.54) is 0 Å². The van der Waals surface area contributed by atoms with E-state index in [0.29, 0.717) is 0 Å². The maximum Gasteiger partial charge on any atom is 0.0945 e. The minimum absolute atomic E-state index is 0.755. The Morgan fingerprint density at radius 1 is 1.29 bits per heavy atom. The number of nitrogens with zero attached hydrogens (tertiary/aromatic N) is 3. The molecule has 1 heterocycles. The first-order valence-corrected chi connectivity index (χ1v) is 6.24. The zero-order valence-electron chi connectivity index (χ0n) is 10.7. The number of aryl methyl sites for hydroxylation is 1. The molecular formula is C12H24N4O. The molecule has 0 saturated carbocycles. The first kappa shape index (κ1) is 14.2. The summed E-state index contributed by atoms with van der Waals surface area (Å²) >= 11 is 0. The first-order chi connectivity index (χ1) is 8.36. The zero-order valence-corrected chi connectivity index (χ0v) is 10.7. The Morgan fingerprint density at radius 3 is 2.76 bits per heavy atom. The molecule has 5 nitrogen and oxygen atoms in total. The van der Waals surface area contributed by atoms with Crippen molar-refractivity contribution in [1.29, 1.82) is 0 Å². The molecule has 0 radical (unpaired) electrons. The molecule has 0 unspecified atom stereocenters. The van der Waals surface area contributed by atoms with Crippen LogP contribution in [-0.2, 0) is 11.3 Å². The van der Waals surface area contributed by atoms with Gasteiger partial charge in [0.15, 0.2) is 0 Å². The lowest BCUT2D eigenvalue weighted by atomic mass is 10.3. The summed E-state index contributed by atoms with van der Waals surface area (Å²) < 4.78 is 7.22. The largest absolute Gasteiger partial charge is 0.383 e. The van der Waals surface area contributed by atoms with Crippen LogP contribution in [0.2, 0.25) is 0 Å². The molecule has 0 atom stereocenters. The number of imidazole rings is 1. The second kappa shape index (κ2) is 9.15. The van der Waals surface area contributed by atoms with Gasteiger partial charge in [0.2, 0.25) is 0 Å². The summed E-state index contributed by atoms with van der Waals surface area (Å²) in [7, 11) is 1.74. The highest BCUT2D eigenvalue weighted by molar-refractivity contribution is 4.74. The van der Waals surface area contributed by atoms with Crippen molar-refractivity contribution in [2.75, 3.05) is 39.9 Å². The lowest BCUT2D eigenvalue weighted by molar-refractivity contribution is 0.145. The van der Waals surface area contributed by atoms with Gasteiger partial charge in [-0.2, -0.15) is 0 Å². The molecule has 0 spiro atoms. The standard InChI is InChI=1S/C12H24N4O/c1-17-11-10-15(6-2-4-13)7-3-8-16-9-5-14-12-16/h5,9,12H,2-4,6-8,10-11,13H2,1H3. The second-order valence-corrected chi connectivity index (χ2v) is 4.13. The third kappa shape index (κ3) is 6.41. The molecular weight excluding hydrogens is 216 g/mol. The van der Waals surface area contributed by atoms with Crippen molar-refractivity contribution in [3.8, 4) is 0 Å². The molecule has 0 aliphatic carbocycles. The number of hydrogen-bond donors (Lipinski definition) is 1. The van der Waals surface area contributed by atoms with Crippen LogP contribution in [0.25, 0.3) is 0 Å². The van der Waals surface area contributed by atoms with Crippen LogP contribution in [0.1, 0.15) is 12.8 Å².